The first-order valence-electron chi connectivity index (χ1n) is 6.03. The van der Waals surface area contributed by atoms with Gasteiger partial charge in [0.2, 0.25) is 5.91 Å². The summed E-state index contributed by atoms with van der Waals surface area (Å²) >= 11 is 3.97. The lowest BCUT2D eigenvalue weighted by atomic mass is 10.1. The van der Waals surface area contributed by atoms with Crippen molar-refractivity contribution in [3.05, 3.63) is 63.6 Å². The Morgan fingerprint density at radius 1 is 1.27 bits per heavy atom. The van der Waals surface area contributed by atoms with Crippen molar-refractivity contribution in [2.45, 2.75) is 10.1 Å². The van der Waals surface area contributed by atoms with Crippen LogP contribution >= 0.6 is 27.7 Å². The maximum Gasteiger partial charge on any atom is 0.235 e. The van der Waals surface area contributed by atoms with Crippen LogP contribution < -0.4 is 5.73 Å². The first kappa shape index (κ1) is 16.5. The number of thioether (sulfide) groups is 1. The highest BCUT2D eigenvalue weighted by atomic mass is 79.9. The number of carbonyl (C=O) groups excluding carboxylic acids is 1. The molecule has 0 saturated carbocycles. The van der Waals surface area contributed by atoms with Crippen LogP contribution in [0.1, 0.15) is 16.4 Å². The summed E-state index contributed by atoms with van der Waals surface area (Å²) in [7, 11) is 0. The molecule has 0 aliphatic rings. The Bertz CT molecular complexity index is 777. The zero-order valence-corrected chi connectivity index (χ0v) is 13.4. The molecule has 2 aromatic carbocycles. The Hall–Kier alpha value is -1.91. The fraction of sp³-hybridized carbons (Fsp3) is 0.0667. The van der Waals surface area contributed by atoms with Crippen molar-refractivity contribution in [2.75, 3.05) is 0 Å². The molecule has 0 saturated heterocycles. The maximum absolute atomic E-state index is 14.0. The minimum atomic E-state index is -1.07. The van der Waals surface area contributed by atoms with Gasteiger partial charge in [0.25, 0.3) is 0 Å². The van der Waals surface area contributed by atoms with Crippen molar-refractivity contribution in [2.24, 2.45) is 5.73 Å². The molecule has 0 heterocycles. The van der Waals surface area contributed by atoms with Crippen LogP contribution in [-0.2, 0) is 4.79 Å². The molecule has 0 aromatic heterocycles. The van der Waals surface area contributed by atoms with Crippen LogP contribution in [0.2, 0.25) is 0 Å². The van der Waals surface area contributed by atoms with Crippen LogP contribution in [-0.4, -0.2) is 5.91 Å². The van der Waals surface area contributed by atoms with Crippen LogP contribution in [0.15, 0.2) is 45.8 Å². The van der Waals surface area contributed by atoms with E-state index in [1.807, 2.05) is 0 Å². The molecule has 0 fully saturated rings. The third-order valence-electron chi connectivity index (χ3n) is 2.84. The number of amides is 1. The molecule has 0 bridgehead atoms. The number of primary amides is 1. The summed E-state index contributed by atoms with van der Waals surface area (Å²) in [5.41, 5.74) is 5.22. The Morgan fingerprint density at radius 3 is 2.59 bits per heavy atom. The monoisotopic (exact) mass is 382 g/mol. The van der Waals surface area contributed by atoms with Crippen LogP contribution in [0.25, 0.3) is 0 Å². The Balaban J connectivity index is 2.45. The molecule has 2 rings (SSSR count). The van der Waals surface area contributed by atoms with E-state index in [1.54, 1.807) is 12.1 Å². The van der Waals surface area contributed by atoms with Gasteiger partial charge in [-0.1, -0.05) is 28.1 Å². The zero-order chi connectivity index (χ0) is 16.3. The van der Waals surface area contributed by atoms with Gasteiger partial charge in [-0.3, -0.25) is 4.79 Å². The summed E-state index contributed by atoms with van der Waals surface area (Å²) in [4.78, 5) is 11.9. The van der Waals surface area contributed by atoms with Gasteiger partial charge >= 0.3 is 0 Å². The van der Waals surface area contributed by atoms with Crippen molar-refractivity contribution in [1.29, 1.82) is 5.26 Å². The highest BCUT2D eigenvalue weighted by Gasteiger charge is 2.24. The number of benzene rings is 2. The largest absolute Gasteiger partial charge is 0.368 e. The standard InChI is InChI=1S/C15H9BrF2N2OS/c16-8-4-5-9(12(18)6-8)14(15(20)21)22-13-3-1-2-11(17)10(13)7-19/h1-6,14H,(H2,20,21). The Labute approximate surface area is 138 Å². The number of nitrogens with two attached hydrogens (primary N) is 1. The minimum absolute atomic E-state index is 0.0776. The second kappa shape index (κ2) is 6.90. The van der Waals surface area contributed by atoms with Crippen molar-refractivity contribution in [1.82, 2.24) is 0 Å². The summed E-state index contributed by atoms with van der Waals surface area (Å²) in [5, 5.41) is 7.94. The van der Waals surface area contributed by atoms with Crippen molar-refractivity contribution in [3.8, 4) is 6.07 Å². The predicted molar refractivity (Wildman–Crippen MR) is 83.0 cm³/mol. The van der Waals surface area contributed by atoms with Gasteiger partial charge in [-0.05, 0) is 24.3 Å². The lowest BCUT2D eigenvalue weighted by Gasteiger charge is -2.15. The maximum atomic E-state index is 14.0. The topological polar surface area (TPSA) is 66.9 Å². The van der Waals surface area contributed by atoms with Gasteiger partial charge in [0.05, 0.1) is 0 Å². The predicted octanol–water partition coefficient (Wildman–Crippen LogP) is 3.92. The SMILES string of the molecule is N#Cc1c(F)cccc1SC(C(N)=O)c1ccc(Br)cc1F. The van der Waals surface area contributed by atoms with Gasteiger partial charge in [-0.25, -0.2) is 8.78 Å². The van der Waals surface area contributed by atoms with Gasteiger partial charge in [0, 0.05) is 14.9 Å². The van der Waals surface area contributed by atoms with Gasteiger partial charge in [-0.2, -0.15) is 5.26 Å². The third kappa shape index (κ3) is 3.46. The van der Waals surface area contributed by atoms with Gasteiger partial charge in [0.15, 0.2) is 0 Å². The summed E-state index contributed by atoms with van der Waals surface area (Å²) in [5.74, 6) is -2.09. The van der Waals surface area contributed by atoms with Crippen molar-refractivity contribution in [3.63, 3.8) is 0 Å². The van der Waals surface area contributed by atoms with Gasteiger partial charge in [0.1, 0.15) is 28.5 Å². The summed E-state index contributed by atoms with van der Waals surface area (Å²) in [6.45, 7) is 0. The molecule has 1 atom stereocenters. The molecule has 2 aromatic rings. The van der Waals surface area contributed by atoms with Gasteiger partial charge < -0.3 is 5.73 Å². The molecule has 0 radical (unpaired) electrons. The summed E-state index contributed by atoms with van der Waals surface area (Å²) in [6.07, 6.45) is 0. The first-order chi connectivity index (χ1) is 10.4. The Kier molecular flexibility index (Phi) is 5.16. The highest BCUT2D eigenvalue weighted by Crippen LogP contribution is 2.38. The summed E-state index contributed by atoms with van der Waals surface area (Å²) < 4.78 is 28.2. The van der Waals surface area contributed by atoms with Crippen molar-refractivity contribution >= 4 is 33.6 Å². The molecule has 7 heteroatoms. The van der Waals surface area contributed by atoms with Crippen LogP contribution in [0.3, 0.4) is 0 Å². The van der Waals surface area contributed by atoms with E-state index in [4.69, 9.17) is 11.0 Å². The van der Waals surface area contributed by atoms with E-state index in [0.29, 0.717) is 4.47 Å². The quantitative estimate of drug-likeness (QED) is 0.814. The number of hydrogen-bond acceptors (Lipinski definition) is 3. The van der Waals surface area contributed by atoms with E-state index < -0.39 is 22.8 Å². The van der Waals surface area contributed by atoms with E-state index in [2.05, 4.69) is 15.9 Å². The van der Waals surface area contributed by atoms with E-state index in [9.17, 15) is 13.6 Å². The molecule has 0 aliphatic carbocycles. The lowest BCUT2D eigenvalue weighted by molar-refractivity contribution is -0.117. The average molecular weight is 383 g/mol. The lowest BCUT2D eigenvalue weighted by Crippen LogP contribution is -2.20. The van der Waals surface area contributed by atoms with Gasteiger partial charge in [-0.15, -0.1) is 11.8 Å². The number of nitriles is 1. The Morgan fingerprint density at radius 2 is 2.00 bits per heavy atom. The average Bonchev–Trinajstić information content (AvgIpc) is 2.45. The number of carbonyl (C=O) groups is 1. The fourth-order valence-electron chi connectivity index (χ4n) is 1.83. The smallest absolute Gasteiger partial charge is 0.235 e. The molecule has 1 amide bonds. The molecule has 2 N–H and O–H groups in total. The highest BCUT2D eigenvalue weighted by molar-refractivity contribution is 9.10. The number of halogens is 3. The number of nitrogens with zero attached hydrogens (tertiary/aromatic N) is 1. The third-order valence-corrected chi connectivity index (χ3v) is 4.64. The minimum Gasteiger partial charge on any atom is -0.368 e. The molecular weight excluding hydrogens is 374 g/mol. The molecule has 0 spiro atoms. The van der Waals surface area contributed by atoms with Crippen molar-refractivity contribution < 1.29 is 13.6 Å². The number of rotatable bonds is 4. The molecule has 22 heavy (non-hydrogen) atoms. The van der Waals surface area contributed by atoms with Crippen LogP contribution in [0, 0.1) is 23.0 Å². The van der Waals surface area contributed by atoms with E-state index >= 15 is 0 Å². The second-order valence-corrected chi connectivity index (χ2v) is 6.35. The summed E-state index contributed by atoms with van der Waals surface area (Å²) in [6, 6.07) is 9.98. The second-order valence-electron chi connectivity index (χ2n) is 4.29. The van der Waals surface area contributed by atoms with Crippen LogP contribution in [0.4, 0.5) is 8.78 Å². The number of hydrogen-bond donors (Lipinski definition) is 1. The van der Waals surface area contributed by atoms with E-state index in [0.717, 1.165) is 17.8 Å². The molecule has 1 unspecified atom stereocenters. The first-order valence-corrected chi connectivity index (χ1v) is 7.71. The van der Waals surface area contributed by atoms with E-state index in [1.165, 1.54) is 24.3 Å². The fourth-order valence-corrected chi connectivity index (χ4v) is 3.27. The van der Waals surface area contributed by atoms with E-state index in [-0.39, 0.29) is 16.0 Å². The normalized spacial score (nSPS) is 11.7. The molecule has 3 nitrogen and oxygen atoms in total. The molecule has 112 valence electrons. The zero-order valence-electron chi connectivity index (χ0n) is 11.0. The molecular formula is C15H9BrF2N2OS. The van der Waals surface area contributed by atoms with Crippen LogP contribution in [0.5, 0.6) is 0 Å². The molecule has 0 aliphatic heterocycles.